The molecule has 0 bridgehead atoms. The number of allylic oxidation sites excluding steroid dienone is 2. The topological polar surface area (TPSA) is 53.4 Å². The van der Waals surface area contributed by atoms with Crippen molar-refractivity contribution in [3.05, 3.63) is 108 Å². The van der Waals surface area contributed by atoms with E-state index in [9.17, 15) is 4.79 Å². The second-order valence-electron chi connectivity index (χ2n) is 8.53. The molecule has 0 amide bonds. The smallest absolute Gasteiger partial charge is 0.155 e. The molecular weight excluding hydrogens is 625 g/mol. The van der Waals surface area contributed by atoms with Gasteiger partial charge < -0.3 is 10.0 Å². The summed E-state index contributed by atoms with van der Waals surface area (Å²) >= 11 is 0. The number of benzene rings is 4. The molecule has 0 saturated heterocycles. The van der Waals surface area contributed by atoms with E-state index in [0.717, 1.165) is 28.1 Å². The van der Waals surface area contributed by atoms with Gasteiger partial charge in [0.1, 0.15) is 0 Å². The van der Waals surface area contributed by atoms with Crippen molar-refractivity contribution in [2.75, 3.05) is 4.90 Å². The maximum Gasteiger partial charge on any atom is 0.155 e. The maximum absolute atomic E-state index is 10.2. The SMILES string of the molecule is Cc1cccc2nc3c(cc12)N(c1ccccc1)c1cccc2cc[c-]c-3c12.[2H]/C(C(C)=O)=C(\C)O.[Ir]. The third-order valence-corrected chi connectivity index (χ3v) is 5.96. The van der Waals surface area contributed by atoms with E-state index in [1.807, 2.05) is 6.07 Å². The standard InChI is InChI=1S/C26H17N2.C5H8O2.Ir/c1-17-8-5-14-22-21(17)16-24-26(27-22)20-13-6-9-18-10-7-15-23(25(18)20)28(24)19-11-3-2-4-12-19;1-4(6)3-5(2)7;/h2-12,14-16H,1H3;3,6H,1-2H3;/q-1;;/b;4-3-;/i;3D;. The molecule has 181 valence electrons. The number of hydrogen-bond donors (Lipinski definition) is 1. The van der Waals surface area contributed by atoms with Crippen LogP contribution in [-0.4, -0.2) is 15.9 Å². The number of pyridine rings is 1. The quantitative estimate of drug-likeness (QED) is 0.117. The molecule has 36 heavy (non-hydrogen) atoms. The van der Waals surface area contributed by atoms with Crippen LogP contribution in [0, 0.1) is 13.0 Å². The van der Waals surface area contributed by atoms with E-state index in [4.69, 9.17) is 11.5 Å². The summed E-state index contributed by atoms with van der Waals surface area (Å²) in [7, 11) is 0. The van der Waals surface area contributed by atoms with Gasteiger partial charge in [-0.15, -0.1) is 23.8 Å². The third-order valence-electron chi connectivity index (χ3n) is 5.96. The molecule has 5 aromatic rings. The summed E-state index contributed by atoms with van der Waals surface area (Å²) in [6.07, 6.45) is 0. The second-order valence-corrected chi connectivity index (χ2v) is 8.53. The van der Waals surface area contributed by atoms with Gasteiger partial charge in [-0.3, -0.25) is 9.78 Å². The molecule has 6 rings (SSSR count). The van der Waals surface area contributed by atoms with Crippen LogP contribution in [0.1, 0.15) is 20.8 Å². The van der Waals surface area contributed by atoms with Crippen LogP contribution in [0.25, 0.3) is 32.9 Å². The van der Waals surface area contributed by atoms with E-state index in [1.54, 1.807) is 0 Å². The van der Waals surface area contributed by atoms with E-state index >= 15 is 0 Å². The Labute approximate surface area is 225 Å². The summed E-state index contributed by atoms with van der Waals surface area (Å²) < 4.78 is 6.76. The number of para-hydroxylation sites is 1. The summed E-state index contributed by atoms with van der Waals surface area (Å²) in [6.45, 7) is 4.69. The number of carbonyl (C=O) groups excluding carboxylic acids is 1. The van der Waals surface area contributed by atoms with Gasteiger partial charge in [-0.1, -0.05) is 53.2 Å². The van der Waals surface area contributed by atoms with Crippen molar-refractivity contribution in [3.8, 4) is 11.3 Å². The first-order valence-corrected chi connectivity index (χ1v) is 11.4. The molecule has 1 aliphatic rings. The number of aliphatic hydroxyl groups excluding tert-OH is 1. The van der Waals surface area contributed by atoms with E-state index in [0.29, 0.717) is 0 Å². The van der Waals surface area contributed by atoms with Gasteiger partial charge in [0.15, 0.2) is 5.78 Å². The van der Waals surface area contributed by atoms with Crippen LogP contribution in [-0.2, 0) is 24.9 Å². The predicted octanol–water partition coefficient (Wildman–Crippen LogP) is 7.98. The van der Waals surface area contributed by atoms with Gasteiger partial charge in [-0.05, 0) is 56.7 Å². The molecule has 1 aliphatic heterocycles. The fourth-order valence-corrected chi connectivity index (χ4v) is 4.56. The largest absolute Gasteiger partial charge is 0.512 e. The molecule has 0 fully saturated rings. The van der Waals surface area contributed by atoms with E-state index in [-0.39, 0.29) is 31.9 Å². The number of hydrogen-bond acceptors (Lipinski definition) is 4. The van der Waals surface area contributed by atoms with Crippen LogP contribution in [0.15, 0.2) is 96.7 Å². The van der Waals surface area contributed by atoms with E-state index in [2.05, 4.69) is 96.8 Å². The Kier molecular flexibility index (Phi) is 6.95. The molecule has 4 nitrogen and oxygen atoms in total. The molecule has 0 spiro atoms. The average Bonchev–Trinajstić information content (AvgIpc) is 2.89. The van der Waals surface area contributed by atoms with Crippen molar-refractivity contribution in [2.24, 2.45) is 0 Å². The molecule has 0 aliphatic carbocycles. The average molecular weight is 651 g/mol. The summed E-state index contributed by atoms with van der Waals surface area (Å²) in [4.78, 5) is 17.6. The van der Waals surface area contributed by atoms with Crippen molar-refractivity contribution in [3.63, 3.8) is 0 Å². The fourth-order valence-electron chi connectivity index (χ4n) is 4.56. The van der Waals surface area contributed by atoms with Crippen molar-refractivity contribution in [1.29, 1.82) is 0 Å². The minimum Gasteiger partial charge on any atom is -0.512 e. The van der Waals surface area contributed by atoms with Crippen LogP contribution in [0.2, 0.25) is 0 Å². The Morgan fingerprint density at radius 3 is 2.44 bits per heavy atom. The zero-order chi connectivity index (χ0) is 25.4. The summed E-state index contributed by atoms with van der Waals surface area (Å²) in [5, 5.41) is 12.1. The number of aliphatic hydroxyl groups is 1. The van der Waals surface area contributed by atoms with Crippen LogP contribution in [0.3, 0.4) is 0 Å². The van der Waals surface area contributed by atoms with Crippen molar-refractivity contribution in [1.82, 2.24) is 4.98 Å². The van der Waals surface area contributed by atoms with Crippen LogP contribution in [0.5, 0.6) is 0 Å². The van der Waals surface area contributed by atoms with Crippen LogP contribution in [0.4, 0.5) is 17.1 Å². The number of ketones is 1. The number of aromatic nitrogens is 1. The molecular formula is C31H25IrN2O2-. The first-order chi connectivity index (χ1) is 17.4. The molecule has 1 aromatic heterocycles. The monoisotopic (exact) mass is 651 g/mol. The Bertz CT molecular complexity index is 1660. The molecule has 0 unspecified atom stereocenters. The number of fused-ring (bicyclic) bond motifs is 3. The van der Waals surface area contributed by atoms with Gasteiger partial charge in [-0.2, -0.15) is 0 Å². The Balaban J connectivity index is 0.000000313. The molecule has 0 saturated carbocycles. The number of rotatable bonds is 2. The first kappa shape index (κ1) is 23.9. The van der Waals surface area contributed by atoms with Gasteiger partial charge >= 0.3 is 0 Å². The Hall–Kier alpha value is -3.79. The van der Waals surface area contributed by atoms with Crippen molar-refractivity contribution < 1.29 is 31.4 Å². The second kappa shape index (κ2) is 10.4. The van der Waals surface area contributed by atoms with Crippen molar-refractivity contribution >= 4 is 44.5 Å². The molecule has 5 heteroatoms. The summed E-state index contributed by atoms with van der Waals surface area (Å²) in [6, 6.07) is 32.9. The number of anilines is 3. The molecule has 2 heterocycles. The van der Waals surface area contributed by atoms with Gasteiger partial charge in [0, 0.05) is 54.3 Å². The van der Waals surface area contributed by atoms with Gasteiger partial charge in [-0.25, -0.2) is 0 Å². The molecule has 4 aromatic carbocycles. The third kappa shape index (κ3) is 4.68. The minimum atomic E-state index is -0.412. The summed E-state index contributed by atoms with van der Waals surface area (Å²) in [5.41, 5.74) is 7.76. The first-order valence-electron chi connectivity index (χ1n) is 11.9. The summed E-state index contributed by atoms with van der Waals surface area (Å²) in [5.74, 6) is -0.637. The Morgan fingerprint density at radius 2 is 1.75 bits per heavy atom. The number of carbonyl (C=O) groups is 1. The van der Waals surface area contributed by atoms with E-state index < -0.39 is 5.78 Å². The number of aryl methyl sites for hydroxylation is 1. The van der Waals surface area contributed by atoms with Crippen LogP contribution < -0.4 is 4.90 Å². The van der Waals surface area contributed by atoms with Gasteiger partial charge in [0.25, 0.3) is 0 Å². The van der Waals surface area contributed by atoms with Gasteiger partial charge in [0.05, 0.1) is 12.6 Å². The number of nitrogens with zero attached hydrogens (tertiary/aromatic N) is 2. The maximum atomic E-state index is 10.2. The molecule has 1 N–H and O–H groups in total. The zero-order valence-electron chi connectivity index (χ0n) is 21.2. The Morgan fingerprint density at radius 1 is 1.00 bits per heavy atom. The molecule has 1 radical (unpaired) electrons. The molecule has 0 atom stereocenters. The fraction of sp³-hybridized carbons (Fsp3) is 0.0968. The normalized spacial score (nSPS) is 12.5. The van der Waals surface area contributed by atoms with E-state index in [1.165, 1.54) is 41.3 Å². The van der Waals surface area contributed by atoms with Crippen LogP contribution >= 0.6 is 0 Å². The minimum absolute atomic E-state index is 0. The zero-order valence-corrected chi connectivity index (χ0v) is 22.6. The predicted molar refractivity (Wildman–Crippen MR) is 144 cm³/mol. The van der Waals surface area contributed by atoms with Gasteiger partial charge in [0.2, 0.25) is 0 Å². The van der Waals surface area contributed by atoms with Crippen molar-refractivity contribution in [2.45, 2.75) is 20.8 Å².